The molecule has 1 atom stereocenters. The summed E-state index contributed by atoms with van der Waals surface area (Å²) < 4.78 is 5.14. The monoisotopic (exact) mass is 278 g/mol. The first-order chi connectivity index (χ1) is 9.59. The highest BCUT2D eigenvalue weighted by Crippen LogP contribution is 2.02. The average molecular weight is 278 g/mol. The summed E-state index contributed by atoms with van der Waals surface area (Å²) in [5.41, 5.74) is 17.2. The van der Waals surface area contributed by atoms with E-state index in [0.29, 0.717) is 32.4 Å². The van der Waals surface area contributed by atoms with E-state index in [1.807, 2.05) is 30.3 Å². The molecule has 0 radical (unpaired) electrons. The Morgan fingerprint density at radius 2 is 1.95 bits per heavy atom. The maximum atomic E-state index is 11.6. The molecule has 0 saturated carbocycles. The molecule has 20 heavy (non-hydrogen) atoms. The second-order valence-electron chi connectivity index (χ2n) is 4.46. The molecule has 1 aromatic rings. The highest BCUT2D eigenvalue weighted by molar-refractivity contribution is 5.76. The van der Waals surface area contributed by atoms with E-state index >= 15 is 0 Å². The fourth-order valence-electron chi connectivity index (χ4n) is 1.66. The second-order valence-corrected chi connectivity index (χ2v) is 4.46. The number of guanidine groups is 1. The fraction of sp³-hybridized carbons (Fsp3) is 0.429. The lowest BCUT2D eigenvalue weighted by atomic mass is 10.1. The van der Waals surface area contributed by atoms with E-state index < -0.39 is 6.04 Å². The number of hydrogen-bond donors (Lipinski definition) is 3. The third-order valence-electron chi connectivity index (χ3n) is 2.75. The smallest absolute Gasteiger partial charge is 0.322 e. The summed E-state index contributed by atoms with van der Waals surface area (Å²) in [7, 11) is 0. The molecule has 0 aliphatic rings. The number of nitrogens with zero attached hydrogens (tertiary/aromatic N) is 1. The van der Waals surface area contributed by atoms with Gasteiger partial charge in [0.25, 0.3) is 0 Å². The molecule has 6 heteroatoms. The summed E-state index contributed by atoms with van der Waals surface area (Å²) in [5, 5.41) is 0. The van der Waals surface area contributed by atoms with Crippen LogP contribution in [0.5, 0.6) is 0 Å². The van der Waals surface area contributed by atoms with Gasteiger partial charge < -0.3 is 21.9 Å². The topological polar surface area (TPSA) is 117 Å². The molecule has 0 bridgehead atoms. The van der Waals surface area contributed by atoms with Gasteiger partial charge in [-0.15, -0.1) is 0 Å². The van der Waals surface area contributed by atoms with Gasteiger partial charge >= 0.3 is 5.97 Å². The SMILES string of the molecule is NC(N)=NCCC[C@H](N)C(=O)OCCc1ccccc1. The van der Waals surface area contributed by atoms with Crippen molar-refractivity contribution in [2.75, 3.05) is 13.2 Å². The number of nitrogens with two attached hydrogens (primary N) is 3. The van der Waals surface area contributed by atoms with Gasteiger partial charge in [0.2, 0.25) is 0 Å². The molecule has 0 heterocycles. The minimum atomic E-state index is -0.625. The van der Waals surface area contributed by atoms with Crippen LogP contribution in [0.3, 0.4) is 0 Å². The van der Waals surface area contributed by atoms with Gasteiger partial charge in [0.1, 0.15) is 6.04 Å². The zero-order valence-corrected chi connectivity index (χ0v) is 11.5. The first-order valence-electron chi connectivity index (χ1n) is 6.61. The Bertz CT molecular complexity index is 430. The van der Waals surface area contributed by atoms with Crippen molar-refractivity contribution in [2.45, 2.75) is 25.3 Å². The lowest BCUT2D eigenvalue weighted by Gasteiger charge is -2.10. The van der Waals surface area contributed by atoms with E-state index in [-0.39, 0.29) is 11.9 Å². The van der Waals surface area contributed by atoms with Crippen LogP contribution in [0, 0.1) is 0 Å². The number of ether oxygens (including phenoxy) is 1. The molecule has 0 aliphatic heterocycles. The van der Waals surface area contributed by atoms with Crippen LogP contribution in [-0.2, 0) is 16.0 Å². The Morgan fingerprint density at radius 3 is 2.60 bits per heavy atom. The Hall–Kier alpha value is -2.08. The lowest BCUT2D eigenvalue weighted by molar-refractivity contribution is -0.145. The standard InChI is InChI=1S/C14H22N4O2/c15-12(7-4-9-18-14(16)17)13(19)20-10-8-11-5-2-1-3-6-11/h1-3,5-6,12H,4,7-10,15H2,(H4,16,17,18)/t12-/m0/s1. The first kappa shape index (κ1) is 16.0. The van der Waals surface area contributed by atoms with E-state index in [4.69, 9.17) is 21.9 Å². The number of carbonyl (C=O) groups excluding carboxylic acids is 1. The van der Waals surface area contributed by atoms with Gasteiger partial charge in [-0.2, -0.15) is 0 Å². The molecule has 0 fully saturated rings. The molecule has 1 rings (SSSR count). The Kier molecular flexibility index (Phi) is 7.13. The molecule has 0 aromatic heterocycles. The van der Waals surface area contributed by atoms with Gasteiger partial charge in [0, 0.05) is 13.0 Å². The van der Waals surface area contributed by atoms with Gasteiger partial charge in [-0.1, -0.05) is 30.3 Å². The molecule has 1 aromatic carbocycles. The van der Waals surface area contributed by atoms with Crippen molar-refractivity contribution in [1.82, 2.24) is 0 Å². The summed E-state index contributed by atoms with van der Waals surface area (Å²) in [6.45, 7) is 0.803. The predicted molar refractivity (Wildman–Crippen MR) is 79.0 cm³/mol. The third kappa shape index (κ3) is 6.75. The number of esters is 1. The van der Waals surface area contributed by atoms with Crippen LogP contribution in [0.1, 0.15) is 18.4 Å². The first-order valence-corrected chi connectivity index (χ1v) is 6.61. The van der Waals surface area contributed by atoms with Crippen molar-refractivity contribution in [3.63, 3.8) is 0 Å². The molecule has 0 saturated heterocycles. The largest absolute Gasteiger partial charge is 0.464 e. The van der Waals surface area contributed by atoms with Gasteiger partial charge in [-0.3, -0.25) is 9.79 Å². The quantitative estimate of drug-likeness (QED) is 0.271. The number of hydrogen-bond acceptors (Lipinski definition) is 4. The van der Waals surface area contributed by atoms with Crippen LogP contribution in [0.15, 0.2) is 35.3 Å². The summed E-state index contributed by atoms with van der Waals surface area (Å²) in [6.07, 6.45) is 1.83. The van der Waals surface area contributed by atoms with Crippen LogP contribution < -0.4 is 17.2 Å². The Labute approximate surface area is 119 Å². The van der Waals surface area contributed by atoms with Crippen molar-refractivity contribution < 1.29 is 9.53 Å². The van der Waals surface area contributed by atoms with Crippen LogP contribution in [-0.4, -0.2) is 31.1 Å². The van der Waals surface area contributed by atoms with Crippen LogP contribution in [0.25, 0.3) is 0 Å². The van der Waals surface area contributed by atoms with Crippen molar-refractivity contribution in [2.24, 2.45) is 22.2 Å². The van der Waals surface area contributed by atoms with Crippen LogP contribution in [0.2, 0.25) is 0 Å². The number of benzene rings is 1. The molecule has 6 nitrogen and oxygen atoms in total. The van der Waals surface area contributed by atoms with Crippen molar-refractivity contribution in [3.05, 3.63) is 35.9 Å². The minimum Gasteiger partial charge on any atom is -0.464 e. The van der Waals surface area contributed by atoms with Crippen LogP contribution in [0.4, 0.5) is 0 Å². The van der Waals surface area contributed by atoms with E-state index in [1.54, 1.807) is 0 Å². The van der Waals surface area contributed by atoms with Crippen molar-refractivity contribution in [3.8, 4) is 0 Å². The van der Waals surface area contributed by atoms with E-state index in [2.05, 4.69) is 4.99 Å². The molecule has 0 spiro atoms. The number of carbonyl (C=O) groups is 1. The summed E-state index contributed by atoms with van der Waals surface area (Å²) in [6, 6.07) is 9.20. The minimum absolute atomic E-state index is 0.0454. The summed E-state index contributed by atoms with van der Waals surface area (Å²) in [5.74, 6) is -0.338. The van der Waals surface area contributed by atoms with Gasteiger partial charge in [0.05, 0.1) is 6.61 Å². The van der Waals surface area contributed by atoms with Crippen LogP contribution >= 0.6 is 0 Å². The zero-order chi connectivity index (χ0) is 14.8. The Balaban J connectivity index is 2.17. The molecule has 110 valence electrons. The van der Waals surface area contributed by atoms with Gasteiger partial charge in [0.15, 0.2) is 5.96 Å². The molecule has 0 unspecified atom stereocenters. The van der Waals surface area contributed by atoms with E-state index in [9.17, 15) is 4.79 Å². The van der Waals surface area contributed by atoms with Gasteiger partial charge in [-0.25, -0.2) is 0 Å². The summed E-state index contributed by atoms with van der Waals surface area (Å²) in [4.78, 5) is 15.5. The van der Waals surface area contributed by atoms with Crippen molar-refractivity contribution >= 4 is 11.9 Å². The maximum Gasteiger partial charge on any atom is 0.322 e. The molecular weight excluding hydrogens is 256 g/mol. The normalized spacial score (nSPS) is 11.7. The average Bonchev–Trinajstić information content (AvgIpc) is 2.44. The van der Waals surface area contributed by atoms with Gasteiger partial charge in [-0.05, 0) is 18.4 Å². The molecule has 0 amide bonds. The van der Waals surface area contributed by atoms with Crippen molar-refractivity contribution in [1.29, 1.82) is 0 Å². The number of rotatable bonds is 8. The third-order valence-corrected chi connectivity index (χ3v) is 2.75. The molecular formula is C14H22N4O2. The van der Waals surface area contributed by atoms with E-state index in [1.165, 1.54) is 0 Å². The maximum absolute atomic E-state index is 11.6. The second kappa shape index (κ2) is 8.92. The Morgan fingerprint density at radius 1 is 1.25 bits per heavy atom. The lowest BCUT2D eigenvalue weighted by Crippen LogP contribution is -2.33. The predicted octanol–water partition coefficient (Wildman–Crippen LogP) is 0.153. The zero-order valence-electron chi connectivity index (χ0n) is 11.5. The molecule has 0 aliphatic carbocycles. The molecule has 6 N–H and O–H groups in total. The number of aliphatic imine (C=N–C) groups is 1. The highest BCUT2D eigenvalue weighted by Gasteiger charge is 2.14. The van der Waals surface area contributed by atoms with E-state index in [0.717, 1.165) is 5.56 Å². The summed E-state index contributed by atoms with van der Waals surface area (Å²) >= 11 is 0. The fourth-order valence-corrected chi connectivity index (χ4v) is 1.66. The highest BCUT2D eigenvalue weighted by atomic mass is 16.5.